The van der Waals surface area contributed by atoms with Gasteiger partial charge in [0.1, 0.15) is 0 Å². The second-order valence-electron chi connectivity index (χ2n) is 5.24. The Morgan fingerprint density at radius 2 is 2.08 bits per heavy atom. The van der Waals surface area contributed by atoms with Crippen LogP contribution in [0.3, 0.4) is 0 Å². The molecule has 2 heterocycles. The zero-order valence-corrected chi connectivity index (χ0v) is 14.8. The van der Waals surface area contributed by atoms with Crippen molar-refractivity contribution in [1.82, 2.24) is 10.5 Å². The summed E-state index contributed by atoms with van der Waals surface area (Å²) in [5.41, 5.74) is 1.50. The maximum absolute atomic E-state index is 12.3. The Labute approximate surface area is 152 Å². The molecule has 0 spiro atoms. The molecule has 8 heteroatoms. The average Bonchev–Trinajstić information content (AvgIpc) is 3.26. The first-order valence-corrected chi connectivity index (χ1v) is 8.63. The number of amides is 2. The average molecular weight is 376 g/mol. The third-order valence-electron chi connectivity index (χ3n) is 3.32. The van der Waals surface area contributed by atoms with E-state index < -0.39 is 0 Å². The number of anilines is 1. The number of carbonyl (C=O) groups is 2. The Balaban J connectivity index is 1.69. The molecule has 0 unspecified atom stereocenters. The Kier molecular flexibility index (Phi) is 5.16. The van der Waals surface area contributed by atoms with Crippen molar-refractivity contribution in [2.75, 3.05) is 5.32 Å². The Bertz CT molecular complexity index is 906. The van der Waals surface area contributed by atoms with Gasteiger partial charge in [-0.25, -0.2) is 0 Å². The van der Waals surface area contributed by atoms with Crippen molar-refractivity contribution < 1.29 is 14.1 Å². The predicted molar refractivity (Wildman–Crippen MR) is 96.1 cm³/mol. The highest BCUT2D eigenvalue weighted by Gasteiger charge is 2.13. The van der Waals surface area contributed by atoms with Gasteiger partial charge < -0.3 is 15.2 Å². The Hall–Kier alpha value is -2.64. The number of benzene rings is 1. The van der Waals surface area contributed by atoms with Crippen LogP contribution in [-0.2, 0) is 6.54 Å². The van der Waals surface area contributed by atoms with Gasteiger partial charge in [-0.2, -0.15) is 0 Å². The molecule has 6 nitrogen and oxygen atoms in total. The van der Waals surface area contributed by atoms with E-state index in [4.69, 9.17) is 16.1 Å². The first-order chi connectivity index (χ1) is 12.0. The van der Waals surface area contributed by atoms with Gasteiger partial charge >= 0.3 is 0 Å². The van der Waals surface area contributed by atoms with E-state index in [9.17, 15) is 9.59 Å². The maximum Gasteiger partial charge on any atom is 0.265 e. The number of nitrogens with zero attached hydrogens (tertiary/aromatic N) is 1. The van der Waals surface area contributed by atoms with Gasteiger partial charge in [0, 0.05) is 11.6 Å². The highest BCUT2D eigenvalue weighted by atomic mass is 35.5. The largest absolute Gasteiger partial charge is 0.359 e. The van der Waals surface area contributed by atoms with E-state index in [2.05, 4.69) is 15.8 Å². The third kappa shape index (κ3) is 4.26. The molecule has 0 radical (unpaired) electrons. The zero-order chi connectivity index (χ0) is 17.8. The number of carbonyl (C=O) groups excluding carboxylic acids is 2. The van der Waals surface area contributed by atoms with Crippen molar-refractivity contribution in [2.45, 2.75) is 13.5 Å². The fourth-order valence-corrected chi connectivity index (χ4v) is 2.91. The van der Waals surface area contributed by atoms with Crippen LogP contribution < -0.4 is 10.6 Å². The Morgan fingerprint density at radius 1 is 1.24 bits per heavy atom. The molecule has 0 saturated heterocycles. The number of nitrogens with one attached hydrogen (secondary N) is 2. The van der Waals surface area contributed by atoms with E-state index in [1.807, 2.05) is 5.38 Å². The molecule has 128 valence electrons. The second kappa shape index (κ2) is 7.50. The number of aryl methyl sites for hydroxylation is 1. The molecule has 2 aromatic heterocycles. The van der Waals surface area contributed by atoms with E-state index in [-0.39, 0.29) is 18.4 Å². The number of hydrogen-bond acceptors (Lipinski definition) is 5. The molecule has 0 atom stereocenters. The minimum Gasteiger partial charge on any atom is -0.359 e. The molecule has 0 bridgehead atoms. The van der Waals surface area contributed by atoms with Crippen molar-refractivity contribution in [2.24, 2.45) is 0 Å². The van der Waals surface area contributed by atoms with Crippen LogP contribution in [0.4, 0.5) is 5.69 Å². The van der Waals surface area contributed by atoms with Gasteiger partial charge in [-0.3, -0.25) is 9.59 Å². The van der Waals surface area contributed by atoms with Gasteiger partial charge in [-0.15, -0.1) is 11.3 Å². The lowest BCUT2D eigenvalue weighted by Gasteiger charge is -2.09. The maximum atomic E-state index is 12.3. The highest BCUT2D eigenvalue weighted by Crippen LogP contribution is 2.24. The quantitative estimate of drug-likeness (QED) is 0.708. The van der Waals surface area contributed by atoms with Crippen LogP contribution in [0.15, 0.2) is 46.3 Å². The predicted octanol–water partition coefficient (Wildman–Crippen LogP) is 3.88. The molecule has 0 fully saturated rings. The summed E-state index contributed by atoms with van der Waals surface area (Å²) in [7, 11) is 0. The van der Waals surface area contributed by atoms with E-state index in [1.54, 1.807) is 37.3 Å². The minimum atomic E-state index is -0.308. The van der Waals surface area contributed by atoms with Crippen molar-refractivity contribution in [3.05, 3.63) is 68.7 Å². The number of rotatable bonds is 5. The van der Waals surface area contributed by atoms with Crippen molar-refractivity contribution in [3.8, 4) is 0 Å². The first kappa shape index (κ1) is 17.2. The molecule has 2 N–H and O–H groups in total. The summed E-state index contributed by atoms with van der Waals surface area (Å²) in [5.74, 6) is -0.0185. The molecule has 3 aromatic rings. The lowest BCUT2D eigenvalue weighted by atomic mass is 10.2. The molecule has 25 heavy (non-hydrogen) atoms. The summed E-state index contributed by atoms with van der Waals surface area (Å²) in [4.78, 5) is 25.0. The topological polar surface area (TPSA) is 84.2 Å². The summed E-state index contributed by atoms with van der Waals surface area (Å²) in [5, 5.41) is 11.4. The van der Waals surface area contributed by atoms with E-state index in [0.717, 1.165) is 5.69 Å². The molecule has 2 amide bonds. The summed E-state index contributed by atoms with van der Waals surface area (Å²) < 4.78 is 5.05. The zero-order valence-electron chi connectivity index (χ0n) is 13.2. The highest BCUT2D eigenvalue weighted by molar-refractivity contribution is 7.12. The van der Waals surface area contributed by atoms with Crippen LogP contribution in [0.1, 0.15) is 31.5 Å². The number of hydrogen-bond donors (Lipinski definition) is 2. The van der Waals surface area contributed by atoms with E-state index >= 15 is 0 Å². The fraction of sp³-hybridized carbons (Fsp3) is 0.118. The van der Waals surface area contributed by atoms with Crippen molar-refractivity contribution in [3.63, 3.8) is 0 Å². The van der Waals surface area contributed by atoms with Crippen LogP contribution in [0.2, 0.25) is 5.02 Å². The van der Waals surface area contributed by atoms with Crippen molar-refractivity contribution in [1.29, 1.82) is 0 Å². The fourth-order valence-electron chi connectivity index (χ4n) is 2.12. The SMILES string of the molecule is Cc1cc(CNC(=O)c2ccc(Cl)c(NC(=O)c3cccs3)c2)on1. The molecule has 3 rings (SSSR count). The van der Waals surface area contributed by atoms with E-state index in [0.29, 0.717) is 26.9 Å². The molecular weight excluding hydrogens is 362 g/mol. The lowest BCUT2D eigenvalue weighted by molar-refractivity contribution is 0.0946. The summed E-state index contributed by atoms with van der Waals surface area (Å²) in [6.45, 7) is 2.02. The van der Waals surface area contributed by atoms with Crippen LogP contribution >= 0.6 is 22.9 Å². The normalized spacial score (nSPS) is 10.5. The molecule has 0 aliphatic carbocycles. The molecular formula is C17H14ClN3O3S. The van der Waals surface area contributed by atoms with Gasteiger partial charge in [0.25, 0.3) is 11.8 Å². The first-order valence-electron chi connectivity index (χ1n) is 7.38. The van der Waals surface area contributed by atoms with Gasteiger partial charge in [0.05, 0.1) is 27.8 Å². The lowest BCUT2D eigenvalue weighted by Crippen LogP contribution is -2.22. The number of aromatic nitrogens is 1. The minimum absolute atomic E-state index is 0.221. The second-order valence-corrected chi connectivity index (χ2v) is 6.60. The van der Waals surface area contributed by atoms with Gasteiger partial charge in [0.2, 0.25) is 0 Å². The molecule has 0 saturated carbocycles. The van der Waals surface area contributed by atoms with Crippen LogP contribution in [0.25, 0.3) is 0 Å². The van der Waals surface area contributed by atoms with Crippen LogP contribution in [0, 0.1) is 6.92 Å². The van der Waals surface area contributed by atoms with Crippen LogP contribution in [-0.4, -0.2) is 17.0 Å². The van der Waals surface area contributed by atoms with Gasteiger partial charge in [-0.05, 0) is 36.6 Å². The van der Waals surface area contributed by atoms with Gasteiger partial charge in [0.15, 0.2) is 5.76 Å². The van der Waals surface area contributed by atoms with E-state index in [1.165, 1.54) is 17.4 Å². The summed E-state index contributed by atoms with van der Waals surface area (Å²) in [6.07, 6.45) is 0. The van der Waals surface area contributed by atoms with Crippen molar-refractivity contribution >= 4 is 40.4 Å². The third-order valence-corrected chi connectivity index (χ3v) is 4.52. The number of thiophene rings is 1. The van der Waals surface area contributed by atoms with Crippen LogP contribution in [0.5, 0.6) is 0 Å². The molecule has 0 aliphatic heterocycles. The monoisotopic (exact) mass is 375 g/mol. The number of halogens is 1. The molecule has 1 aromatic carbocycles. The summed E-state index contributed by atoms with van der Waals surface area (Å²) in [6, 6.07) is 9.94. The smallest absolute Gasteiger partial charge is 0.265 e. The summed E-state index contributed by atoms with van der Waals surface area (Å²) >= 11 is 7.44. The Morgan fingerprint density at radius 3 is 2.76 bits per heavy atom. The molecule has 0 aliphatic rings. The van der Waals surface area contributed by atoms with Gasteiger partial charge in [-0.1, -0.05) is 22.8 Å². The standard InChI is InChI=1S/C17H14ClN3O3S/c1-10-7-12(24-21-10)9-19-16(22)11-4-5-13(18)14(8-11)20-17(23)15-3-2-6-25-15/h2-8H,9H2,1H3,(H,19,22)(H,20,23).